The van der Waals surface area contributed by atoms with Gasteiger partial charge in [0.05, 0.1) is 6.04 Å². The van der Waals surface area contributed by atoms with Crippen LogP contribution >= 0.6 is 11.5 Å². The van der Waals surface area contributed by atoms with Gasteiger partial charge in [0.1, 0.15) is 22.1 Å². The van der Waals surface area contributed by atoms with E-state index in [-0.39, 0.29) is 23.8 Å². The summed E-state index contributed by atoms with van der Waals surface area (Å²) < 4.78 is 9.67. The van der Waals surface area contributed by atoms with Crippen molar-refractivity contribution >= 4 is 28.3 Å². The molecule has 0 saturated heterocycles. The summed E-state index contributed by atoms with van der Waals surface area (Å²) in [6, 6.07) is 4.05. The lowest BCUT2D eigenvalue weighted by molar-refractivity contribution is 0.0953. The summed E-state index contributed by atoms with van der Waals surface area (Å²) >= 11 is 1.19. The number of nitrogens with one attached hydrogen (secondary N) is 2. The highest BCUT2D eigenvalue weighted by atomic mass is 32.1. The van der Waals surface area contributed by atoms with Gasteiger partial charge in [-0.3, -0.25) is 4.79 Å². The summed E-state index contributed by atoms with van der Waals surface area (Å²) in [6.45, 7) is 3.87. The summed E-state index contributed by atoms with van der Waals surface area (Å²) in [7, 11) is 0. The molecule has 112 valence electrons. The van der Waals surface area contributed by atoms with Crippen molar-refractivity contribution < 1.29 is 9.21 Å². The predicted octanol–water partition coefficient (Wildman–Crippen LogP) is 2.69. The Kier molecular flexibility index (Phi) is 3.59. The fraction of sp³-hybridized carbons (Fsp3) is 0.429. The Hall–Kier alpha value is -2.02. The molecule has 21 heavy (non-hydrogen) atoms. The number of hydrogen-bond donors (Lipinski definition) is 3. The molecule has 1 fully saturated rings. The molecule has 1 atom stereocenters. The topological polar surface area (TPSA) is 93.2 Å². The van der Waals surface area contributed by atoms with Gasteiger partial charge in [0.2, 0.25) is 0 Å². The van der Waals surface area contributed by atoms with Gasteiger partial charge in [0.25, 0.3) is 5.91 Å². The van der Waals surface area contributed by atoms with E-state index < -0.39 is 0 Å². The Morgan fingerprint density at radius 2 is 2.29 bits per heavy atom. The van der Waals surface area contributed by atoms with Gasteiger partial charge in [0, 0.05) is 6.04 Å². The first kappa shape index (κ1) is 13.9. The molecule has 0 bridgehead atoms. The second-order valence-electron chi connectivity index (χ2n) is 5.33. The highest BCUT2D eigenvalue weighted by Gasteiger charge is 2.28. The molecule has 2 aromatic heterocycles. The van der Waals surface area contributed by atoms with Crippen LogP contribution in [0.1, 0.15) is 47.7 Å². The van der Waals surface area contributed by atoms with Crippen molar-refractivity contribution in [3.8, 4) is 0 Å². The molecule has 1 unspecified atom stereocenters. The Bertz CT molecular complexity index is 660. The average molecular weight is 306 g/mol. The smallest absolute Gasteiger partial charge is 0.258 e. The van der Waals surface area contributed by atoms with Crippen molar-refractivity contribution in [2.75, 3.05) is 11.1 Å². The highest BCUT2D eigenvalue weighted by molar-refractivity contribution is 7.11. The molecule has 1 amide bonds. The number of nitrogens with two attached hydrogens (primary N) is 1. The second kappa shape index (κ2) is 5.40. The molecule has 1 saturated carbocycles. The van der Waals surface area contributed by atoms with Crippen LogP contribution in [-0.2, 0) is 0 Å². The molecule has 6 nitrogen and oxygen atoms in total. The molecule has 7 heteroatoms. The number of furan rings is 1. The maximum atomic E-state index is 12.2. The molecule has 1 aliphatic carbocycles. The monoisotopic (exact) mass is 306 g/mol. The maximum Gasteiger partial charge on any atom is 0.258 e. The van der Waals surface area contributed by atoms with Gasteiger partial charge in [0.15, 0.2) is 5.82 Å². The minimum atomic E-state index is -0.158. The lowest BCUT2D eigenvalue weighted by Crippen LogP contribution is -2.26. The number of carbonyl (C=O) groups is 1. The number of nitrogen functional groups attached to an aromatic ring is 1. The Morgan fingerprint density at radius 1 is 1.52 bits per heavy atom. The van der Waals surface area contributed by atoms with Crippen LogP contribution in [-0.4, -0.2) is 16.3 Å². The Morgan fingerprint density at radius 3 is 2.90 bits per heavy atom. The third-order valence-electron chi connectivity index (χ3n) is 3.39. The second-order valence-corrected chi connectivity index (χ2v) is 6.11. The summed E-state index contributed by atoms with van der Waals surface area (Å²) in [4.78, 5) is 12.2. The summed E-state index contributed by atoms with van der Waals surface area (Å²) in [5, 5.41) is 6.87. The summed E-state index contributed by atoms with van der Waals surface area (Å²) in [5.41, 5.74) is 6.26. The molecular weight excluding hydrogens is 288 g/mol. The van der Waals surface area contributed by atoms with Crippen molar-refractivity contribution in [1.82, 2.24) is 9.69 Å². The molecular formula is C14H18N4O2S. The molecule has 0 aliphatic heterocycles. The van der Waals surface area contributed by atoms with E-state index in [4.69, 9.17) is 10.2 Å². The van der Waals surface area contributed by atoms with E-state index in [1.807, 2.05) is 26.0 Å². The number of aryl methyl sites for hydroxylation is 1. The molecule has 2 heterocycles. The number of aromatic nitrogens is 1. The van der Waals surface area contributed by atoms with Crippen LogP contribution in [0, 0.1) is 6.92 Å². The zero-order valence-electron chi connectivity index (χ0n) is 12.0. The predicted molar refractivity (Wildman–Crippen MR) is 82.5 cm³/mol. The van der Waals surface area contributed by atoms with Crippen molar-refractivity contribution in [3.05, 3.63) is 29.2 Å². The number of rotatable bonds is 5. The molecule has 1 aliphatic rings. The van der Waals surface area contributed by atoms with E-state index in [9.17, 15) is 4.79 Å². The van der Waals surface area contributed by atoms with E-state index in [2.05, 4.69) is 15.0 Å². The van der Waals surface area contributed by atoms with Crippen LogP contribution < -0.4 is 16.4 Å². The Labute approximate surface area is 126 Å². The summed E-state index contributed by atoms with van der Waals surface area (Å²) in [6.07, 6.45) is 2.07. The van der Waals surface area contributed by atoms with Crippen LogP contribution in [0.15, 0.2) is 16.5 Å². The molecule has 3 rings (SSSR count). The van der Waals surface area contributed by atoms with E-state index in [1.165, 1.54) is 11.5 Å². The zero-order valence-corrected chi connectivity index (χ0v) is 12.8. The van der Waals surface area contributed by atoms with Gasteiger partial charge in [-0.25, -0.2) is 0 Å². The number of hydrogen-bond acceptors (Lipinski definition) is 6. The van der Waals surface area contributed by atoms with Gasteiger partial charge < -0.3 is 20.8 Å². The third kappa shape index (κ3) is 3.02. The Balaban J connectivity index is 1.77. The quantitative estimate of drug-likeness (QED) is 0.789. The van der Waals surface area contributed by atoms with Crippen molar-refractivity contribution in [2.45, 2.75) is 38.8 Å². The zero-order chi connectivity index (χ0) is 15.0. The van der Waals surface area contributed by atoms with Crippen LogP contribution in [0.2, 0.25) is 0 Å². The SMILES string of the molecule is Cc1ccc(C(C)Nc2snc(N)c2C(=O)NC2CC2)o1. The van der Waals surface area contributed by atoms with Gasteiger partial charge in [-0.15, -0.1) is 0 Å². The first-order valence-electron chi connectivity index (χ1n) is 6.93. The molecule has 4 N–H and O–H groups in total. The van der Waals surface area contributed by atoms with Crippen molar-refractivity contribution in [3.63, 3.8) is 0 Å². The summed E-state index contributed by atoms with van der Waals surface area (Å²) in [5.74, 6) is 1.78. The van der Waals surface area contributed by atoms with Crippen molar-refractivity contribution in [1.29, 1.82) is 0 Å². The van der Waals surface area contributed by atoms with E-state index in [0.29, 0.717) is 10.6 Å². The van der Waals surface area contributed by atoms with E-state index in [1.54, 1.807) is 0 Å². The molecule has 0 spiro atoms. The van der Waals surface area contributed by atoms with Crippen LogP contribution in [0.5, 0.6) is 0 Å². The van der Waals surface area contributed by atoms with Crippen LogP contribution in [0.3, 0.4) is 0 Å². The minimum Gasteiger partial charge on any atom is -0.464 e. The molecule has 2 aromatic rings. The number of nitrogens with zero attached hydrogens (tertiary/aromatic N) is 1. The fourth-order valence-corrected chi connectivity index (χ4v) is 2.86. The lowest BCUT2D eigenvalue weighted by Gasteiger charge is -2.12. The molecule has 0 radical (unpaired) electrons. The van der Waals surface area contributed by atoms with E-state index in [0.717, 1.165) is 24.4 Å². The van der Waals surface area contributed by atoms with Gasteiger partial charge in [-0.1, -0.05) is 0 Å². The number of carbonyl (C=O) groups excluding carboxylic acids is 1. The highest BCUT2D eigenvalue weighted by Crippen LogP contribution is 2.31. The average Bonchev–Trinajstić information content (AvgIpc) is 3.01. The maximum absolute atomic E-state index is 12.2. The fourth-order valence-electron chi connectivity index (χ4n) is 2.06. The lowest BCUT2D eigenvalue weighted by atomic mass is 10.2. The largest absolute Gasteiger partial charge is 0.464 e. The number of amides is 1. The first-order chi connectivity index (χ1) is 10.0. The van der Waals surface area contributed by atoms with Crippen LogP contribution in [0.4, 0.5) is 10.8 Å². The van der Waals surface area contributed by atoms with Gasteiger partial charge >= 0.3 is 0 Å². The van der Waals surface area contributed by atoms with Crippen molar-refractivity contribution in [2.24, 2.45) is 0 Å². The third-order valence-corrected chi connectivity index (χ3v) is 4.19. The first-order valence-corrected chi connectivity index (χ1v) is 7.71. The molecule has 0 aromatic carbocycles. The normalized spacial score (nSPS) is 15.7. The minimum absolute atomic E-state index is 0.0639. The van der Waals surface area contributed by atoms with Gasteiger partial charge in [-0.2, -0.15) is 4.37 Å². The standard InChI is InChI=1S/C14H18N4O2S/c1-7-3-6-10(20-7)8(2)16-14-11(12(15)18-21-14)13(19)17-9-4-5-9/h3,6,8-9,16H,4-5H2,1-2H3,(H2,15,18)(H,17,19). The van der Waals surface area contributed by atoms with Gasteiger partial charge in [-0.05, 0) is 50.4 Å². The number of anilines is 2. The van der Waals surface area contributed by atoms with Crippen LogP contribution in [0.25, 0.3) is 0 Å². The van der Waals surface area contributed by atoms with E-state index >= 15 is 0 Å².